The molecule has 2 N–H and O–H groups in total. The zero-order chi connectivity index (χ0) is 36.5. The lowest BCUT2D eigenvalue weighted by Crippen LogP contribution is -2.45. The van der Waals surface area contributed by atoms with Gasteiger partial charge in [-0.25, -0.2) is 18.6 Å². The molecule has 0 spiro atoms. The fourth-order valence-electron chi connectivity index (χ4n) is 6.46. The minimum atomic E-state index is -0.984. The Morgan fingerprint density at radius 3 is 2.54 bits per heavy atom. The zero-order valence-electron chi connectivity index (χ0n) is 29.7. The van der Waals surface area contributed by atoms with Crippen molar-refractivity contribution in [1.29, 1.82) is 0 Å². The number of imidazole rings is 1. The Kier molecular flexibility index (Phi) is 13.5. The van der Waals surface area contributed by atoms with Crippen LogP contribution < -0.4 is 5.32 Å². The number of hydrogen-bond acceptors (Lipinski definition) is 6. The van der Waals surface area contributed by atoms with Crippen molar-refractivity contribution < 1.29 is 33.0 Å². The van der Waals surface area contributed by atoms with Crippen molar-refractivity contribution in [2.24, 2.45) is 11.3 Å². The standard InChI is InChI=1S/C38H50F2N4O5S/c1-37(2,3)33(34-42-31(29-21-28(39)16-17-30(29)40)24-43(34)23-26-13-8-6-9-14-26)44-19-12-18-41-36(48)49-38(4,5)22-27(35(46)47)15-10-7-11-20-50-25-32(44)45/h6,8-9,13-14,16-17,21,24,27,33H,7,10-12,15,18-20,22-23,25H2,1-5H3,(H,41,48)(H,46,47)/t27?,33-/m0/s1. The second-order valence-corrected chi connectivity index (χ2v) is 15.8. The molecule has 1 aliphatic heterocycles. The van der Waals surface area contributed by atoms with Gasteiger partial charge in [0.15, 0.2) is 0 Å². The largest absolute Gasteiger partial charge is 0.481 e. The molecule has 50 heavy (non-hydrogen) atoms. The summed E-state index contributed by atoms with van der Waals surface area (Å²) in [5.74, 6) is -1.29. The maximum Gasteiger partial charge on any atom is 0.407 e. The second-order valence-electron chi connectivity index (χ2n) is 14.6. The third kappa shape index (κ3) is 11.0. The van der Waals surface area contributed by atoms with Gasteiger partial charge in [0.25, 0.3) is 0 Å². The van der Waals surface area contributed by atoms with Crippen LogP contribution in [0.2, 0.25) is 0 Å². The average molecular weight is 713 g/mol. The van der Waals surface area contributed by atoms with Crippen LogP contribution in [-0.4, -0.2) is 67.7 Å². The molecule has 2 atom stereocenters. The van der Waals surface area contributed by atoms with Gasteiger partial charge in [0.1, 0.15) is 23.1 Å². The molecule has 1 fully saturated rings. The summed E-state index contributed by atoms with van der Waals surface area (Å²) >= 11 is 1.54. The molecule has 2 heterocycles. The quantitative estimate of drug-likeness (QED) is 0.266. The zero-order valence-corrected chi connectivity index (χ0v) is 30.5. The molecule has 12 heteroatoms. The Hall–Kier alpha value is -3.93. The van der Waals surface area contributed by atoms with Crippen LogP contribution in [0.15, 0.2) is 54.7 Å². The highest BCUT2D eigenvalue weighted by Crippen LogP contribution is 2.40. The van der Waals surface area contributed by atoms with E-state index in [0.717, 1.165) is 42.4 Å². The molecule has 3 aromatic rings. The topological polar surface area (TPSA) is 114 Å². The van der Waals surface area contributed by atoms with Gasteiger partial charge in [-0.15, -0.1) is 0 Å². The maximum atomic E-state index is 15.1. The van der Waals surface area contributed by atoms with Crippen molar-refractivity contribution in [3.8, 4) is 11.3 Å². The van der Waals surface area contributed by atoms with E-state index in [2.05, 4.69) is 5.32 Å². The number of ether oxygens (including phenoxy) is 1. The van der Waals surface area contributed by atoms with Gasteiger partial charge in [-0.1, -0.05) is 63.9 Å². The number of nitrogens with zero attached hydrogens (tertiary/aromatic N) is 3. The van der Waals surface area contributed by atoms with Gasteiger partial charge in [0.05, 0.1) is 23.4 Å². The molecule has 0 aliphatic carbocycles. The Morgan fingerprint density at radius 2 is 1.84 bits per heavy atom. The van der Waals surface area contributed by atoms with Gasteiger partial charge in [-0.3, -0.25) is 9.59 Å². The summed E-state index contributed by atoms with van der Waals surface area (Å²) in [5, 5.41) is 12.5. The summed E-state index contributed by atoms with van der Waals surface area (Å²) in [6, 6.07) is 12.5. The molecule has 1 aromatic heterocycles. The number of aliphatic carboxylic acids is 1. The first-order chi connectivity index (χ1) is 23.6. The normalized spacial score (nSPS) is 19.5. The van der Waals surface area contributed by atoms with Crippen LogP contribution in [0.5, 0.6) is 0 Å². The van der Waals surface area contributed by atoms with Crippen LogP contribution in [0.1, 0.15) is 90.6 Å². The number of nitrogens with one attached hydrogen (secondary N) is 1. The van der Waals surface area contributed by atoms with Gasteiger partial charge in [-0.2, -0.15) is 11.8 Å². The first-order valence-corrected chi connectivity index (χ1v) is 18.4. The summed E-state index contributed by atoms with van der Waals surface area (Å²) in [6.45, 7) is 10.4. The highest BCUT2D eigenvalue weighted by molar-refractivity contribution is 7.99. The minimum Gasteiger partial charge on any atom is -0.481 e. The number of benzene rings is 2. The van der Waals surface area contributed by atoms with Crippen molar-refractivity contribution in [2.75, 3.05) is 24.6 Å². The van der Waals surface area contributed by atoms with Crippen LogP contribution in [0.25, 0.3) is 11.3 Å². The highest BCUT2D eigenvalue weighted by atomic mass is 32.2. The Balaban J connectivity index is 1.68. The second kappa shape index (κ2) is 17.3. The van der Waals surface area contributed by atoms with E-state index in [4.69, 9.17) is 9.72 Å². The monoisotopic (exact) mass is 712 g/mol. The Morgan fingerprint density at radius 1 is 1.10 bits per heavy atom. The van der Waals surface area contributed by atoms with Crippen molar-refractivity contribution in [3.05, 3.63) is 77.8 Å². The van der Waals surface area contributed by atoms with Gasteiger partial charge >= 0.3 is 12.1 Å². The summed E-state index contributed by atoms with van der Waals surface area (Å²) in [4.78, 5) is 45.6. The third-order valence-electron chi connectivity index (χ3n) is 8.77. The third-order valence-corrected chi connectivity index (χ3v) is 9.80. The van der Waals surface area contributed by atoms with E-state index in [1.54, 1.807) is 24.9 Å². The number of thioether (sulfide) groups is 1. The molecule has 0 radical (unpaired) electrons. The molecule has 1 saturated heterocycles. The highest BCUT2D eigenvalue weighted by Gasteiger charge is 2.38. The van der Waals surface area contributed by atoms with E-state index < -0.39 is 46.7 Å². The lowest BCUT2D eigenvalue weighted by atomic mass is 9.84. The summed E-state index contributed by atoms with van der Waals surface area (Å²) < 4.78 is 37.0. The molecule has 9 nitrogen and oxygen atoms in total. The number of carboxylic acid groups (broad SMARTS) is 1. The maximum absolute atomic E-state index is 15.1. The number of halogens is 2. The lowest BCUT2D eigenvalue weighted by molar-refractivity contribution is -0.144. The van der Waals surface area contributed by atoms with Crippen molar-refractivity contribution >= 4 is 29.7 Å². The molecule has 0 bridgehead atoms. The van der Waals surface area contributed by atoms with Gasteiger partial charge in [0, 0.05) is 31.4 Å². The first-order valence-electron chi connectivity index (χ1n) is 17.3. The van der Waals surface area contributed by atoms with Crippen molar-refractivity contribution in [3.63, 3.8) is 0 Å². The summed E-state index contributed by atoms with van der Waals surface area (Å²) in [6.07, 6.45) is 4.51. The van der Waals surface area contributed by atoms with E-state index in [-0.39, 0.29) is 42.4 Å². The van der Waals surface area contributed by atoms with E-state index in [1.165, 1.54) is 11.8 Å². The van der Waals surface area contributed by atoms with Crippen LogP contribution in [0.3, 0.4) is 0 Å². The number of carboxylic acids is 1. The van der Waals surface area contributed by atoms with Crippen LogP contribution in [-0.2, 0) is 20.9 Å². The molecule has 2 aromatic carbocycles. The van der Waals surface area contributed by atoms with Gasteiger partial charge in [0.2, 0.25) is 5.91 Å². The minimum absolute atomic E-state index is 0.0348. The van der Waals surface area contributed by atoms with Crippen LogP contribution >= 0.6 is 11.8 Å². The number of carbonyl (C=O) groups excluding carboxylic acids is 2. The van der Waals surface area contributed by atoms with Crippen molar-refractivity contribution in [1.82, 2.24) is 19.8 Å². The van der Waals surface area contributed by atoms with E-state index in [1.807, 2.05) is 55.7 Å². The predicted molar refractivity (Wildman–Crippen MR) is 192 cm³/mol. The Labute approximate surface area is 298 Å². The van der Waals surface area contributed by atoms with E-state index >= 15 is 4.39 Å². The fraction of sp³-hybridized carbons (Fsp3) is 0.526. The van der Waals surface area contributed by atoms with Gasteiger partial charge < -0.3 is 24.6 Å². The predicted octanol–water partition coefficient (Wildman–Crippen LogP) is 8.09. The number of amides is 2. The smallest absolute Gasteiger partial charge is 0.407 e. The number of alkyl carbamates (subject to hydrolysis) is 1. The summed E-state index contributed by atoms with van der Waals surface area (Å²) in [7, 11) is 0. The van der Waals surface area contributed by atoms with E-state index in [0.29, 0.717) is 31.6 Å². The van der Waals surface area contributed by atoms with Crippen LogP contribution in [0, 0.1) is 23.0 Å². The lowest BCUT2D eigenvalue weighted by Gasteiger charge is -2.40. The number of cyclic esters (lactones) is 1. The number of rotatable bonds is 6. The molecular weight excluding hydrogens is 663 g/mol. The molecule has 1 aliphatic rings. The van der Waals surface area contributed by atoms with E-state index in [9.17, 15) is 23.9 Å². The number of carbonyl (C=O) groups is 3. The number of hydrogen-bond donors (Lipinski definition) is 2. The van der Waals surface area contributed by atoms with Crippen molar-refractivity contribution in [2.45, 2.75) is 91.3 Å². The SMILES string of the molecule is CC1(C)CC(C(=O)O)CCCCCSCC(=O)N([C@@H](c2nc(-c3cc(F)ccc3F)cn2Cc2ccccc2)C(C)(C)C)CCCNC(=O)O1. The van der Waals surface area contributed by atoms with Crippen LogP contribution in [0.4, 0.5) is 13.6 Å². The fourth-order valence-corrected chi connectivity index (χ4v) is 7.35. The molecule has 272 valence electrons. The number of aromatic nitrogens is 2. The molecule has 1 unspecified atom stereocenters. The first kappa shape index (κ1) is 38.9. The molecular formula is C38H50F2N4O5S. The Bertz CT molecular complexity index is 1610. The molecule has 4 rings (SSSR count). The summed E-state index contributed by atoms with van der Waals surface area (Å²) in [5.41, 5.74) is -0.240. The van der Waals surface area contributed by atoms with Gasteiger partial charge in [-0.05, 0) is 74.5 Å². The average Bonchev–Trinajstić information content (AvgIpc) is 3.43. The molecule has 2 amide bonds. The molecule has 0 saturated carbocycles.